The minimum atomic E-state index is -1.16. The van der Waals surface area contributed by atoms with Crippen LogP contribution in [-0.2, 0) is 4.79 Å². The largest absolute Gasteiger partial charge is 0.322 e. The van der Waals surface area contributed by atoms with E-state index in [1.807, 2.05) is 0 Å². The number of anilines is 1. The molecular weight excluding hydrogens is 253 g/mol. The fourth-order valence-electron chi connectivity index (χ4n) is 2.20. The fraction of sp³-hybridized carbons (Fsp3) is 0.562. The fourth-order valence-corrected chi connectivity index (χ4v) is 3.44. The molecule has 0 aliphatic rings. The second kappa shape index (κ2) is 6.05. The average molecular weight is 280 g/mol. The van der Waals surface area contributed by atoms with E-state index >= 15 is 0 Å². The number of rotatable bonds is 4. The zero-order valence-corrected chi connectivity index (χ0v) is 14.2. The molecule has 3 heteroatoms. The summed E-state index contributed by atoms with van der Waals surface area (Å²) in [5.41, 5.74) is 4.62. The molecule has 1 unspecified atom stereocenters. The second-order valence-electron chi connectivity index (χ2n) is 6.03. The third-order valence-electron chi connectivity index (χ3n) is 4.17. The van der Waals surface area contributed by atoms with Crippen LogP contribution in [0.1, 0.15) is 30.5 Å². The second-order valence-corrected chi connectivity index (χ2v) is 11.0. The molecule has 0 fully saturated rings. The quantitative estimate of drug-likeness (QED) is 0.821. The predicted octanol–water partition coefficient (Wildman–Crippen LogP) is 4.24. The maximum atomic E-state index is 12.4. The molecule has 0 spiro atoms. The molecule has 1 atom stereocenters. The first-order chi connectivity index (χ1) is 8.69. The first kappa shape index (κ1) is 16.2. The summed E-state index contributed by atoms with van der Waals surface area (Å²) >= 11 is 0. The number of carbonyl (C=O) groups excluding carboxylic acids is 1. The highest BCUT2D eigenvalue weighted by Gasteiger charge is 2.36. The lowest BCUT2D eigenvalue weighted by Crippen LogP contribution is -2.28. The van der Waals surface area contributed by atoms with Gasteiger partial charge in [-0.3, -0.25) is 4.79 Å². The summed E-state index contributed by atoms with van der Waals surface area (Å²) in [4.78, 5) is 12.4. The Kier molecular flexibility index (Phi) is 5.15. The lowest BCUT2D eigenvalue weighted by Gasteiger charge is -2.24. The van der Waals surface area contributed by atoms with Gasteiger partial charge >= 0.3 is 0 Å². The van der Waals surface area contributed by atoms with E-state index in [1.54, 1.807) is 0 Å². The Hall–Kier alpha value is -0.880. The summed E-state index contributed by atoms with van der Waals surface area (Å²) in [6, 6.07) is 4.24. The van der Waals surface area contributed by atoms with Crippen molar-refractivity contribution in [2.24, 2.45) is 0 Å². The van der Waals surface area contributed by atoms with Gasteiger partial charge in [0.1, 0.15) is 5.66 Å². The van der Waals surface area contributed by atoms with E-state index in [2.05, 4.69) is 65.4 Å². The number of hydrogen-bond acceptors (Lipinski definition) is 1. The minimum Gasteiger partial charge on any atom is -0.322 e. The Labute approximate surface area is 118 Å². The van der Waals surface area contributed by atoms with Crippen molar-refractivity contribution < 1.29 is 4.79 Å². The molecule has 106 valence electrons. The van der Waals surface area contributed by atoms with Crippen molar-refractivity contribution in [1.29, 1.82) is 0 Å². The van der Waals surface area contributed by atoms with Gasteiger partial charge in [0.25, 0.3) is 5.91 Å². The summed E-state index contributed by atoms with van der Waals surface area (Å²) in [5, 5.41) is 3.13. The van der Waals surface area contributed by atoms with Crippen molar-refractivity contribution in [3.8, 4) is 0 Å². The Morgan fingerprint density at radius 3 is 2.11 bits per heavy atom. The first-order valence-corrected chi connectivity index (χ1v) is 9.84. The molecule has 0 aliphatic carbocycles. The normalized spacial score (nSPS) is 13.2. The van der Waals surface area contributed by atoms with E-state index in [0.717, 1.165) is 23.0 Å². The van der Waals surface area contributed by atoms with Crippen molar-refractivity contribution in [1.82, 2.24) is 0 Å². The molecule has 1 N–H and O–H groups in total. The van der Waals surface area contributed by atoms with E-state index in [-0.39, 0.29) is 11.6 Å². The Bertz CT molecular complexity index is 457. The van der Waals surface area contributed by atoms with Gasteiger partial charge in [0, 0.05) is 26.3 Å². The van der Waals surface area contributed by atoms with Crippen LogP contribution in [0.3, 0.4) is 0 Å². The molecule has 1 aromatic rings. The van der Waals surface area contributed by atoms with Crippen molar-refractivity contribution in [3.63, 3.8) is 0 Å². The molecule has 0 bridgehead atoms. The van der Waals surface area contributed by atoms with E-state index < -0.39 is 7.26 Å². The van der Waals surface area contributed by atoms with Crippen molar-refractivity contribution >= 4 is 18.9 Å². The van der Waals surface area contributed by atoms with Gasteiger partial charge in [0.2, 0.25) is 0 Å². The molecule has 0 aromatic heterocycles. The molecule has 0 aliphatic heterocycles. The van der Waals surface area contributed by atoms with Gasteiger partial charge in [-0.15, -0.1) is 0 Å². The standard InChI is InChI=1S/C16H26NOP/c1-8-19(6,7)14(5)16(18)17-15-12(3)9-11(2)10-13(15)4/h9-10,14H,8H2,1-7H3/p+1. The topological polar surface area (TPSA) is 29.1 Å². The predicted molar refractivity (Wildman–Crippen MR) is 88.1 cm³/mol. The summed E-state index contributed by atoms with van der Waals surface area (Å²) in [6.07, 6.45) is 1.10. The highest BCUT2D eigenvalue weighted by atomic mass is 31.2. The smallest absolute Gasteiger partial charge is 0.264 e. The zero-order valence-electron chi connectivity index (χ0n) is 13.3. The van der Waals surface area contributed by atoms with E-state index in [1.165, 1.54) is 5.56 Å². The van der Waals surface area contributed by atoms with Crippen LogP contribution in [0.4, 0.5) is 5.69 Å². The number of aryl methyl sites for hydroxylation is 3. The SMILES string of the molecule is CC[P+](C)(C)C(C)C(=O)Nc1c(C)cc(C)cc1C. The lowest BCUT2D eigenvalue weighted by atomic mass is 10.1. The van der Waals surface area contributed by atoms with E-state index in [4.69, 9.17) is 0 Å². The van der Waals surface area contributed by atoms with Gasteiger partial charge < -0.3 is 5.32 Å². The van der Waals surface area contributed by atoms with Crippen molar-refractivity contribution in [3.05, 3.63) is 28.8 Å². The van der Waals surface area contributed by atoms with Crippen LogP contribution >= 0.6 is 7.26 Å². The van der Waals surface area contributed by atoms with E-state index in [0.29, 0.717) is 0 Å². The third-order valence-corrected chi connectivity index (χ3v) is 8.13. The van der Waals surface area contributed by atoms with Crippen LogP contribution in [0.15, 0.2) is 12.1 Å². The van der Waals surface area contributed by atoms with Gasteiger partial charge in [-0.1, -0.05) is 17.7 Å². The summed E-state index contributed by atoms with van der Waals surface area (Å²) in [6.45, 7) is 14.9. The summed E-state index contributed by atoms with van der Waals surface area (Å²) < 4.78 is 0. The van der Waals surface area contributed by atoms with E-state index in [9.17, 15) is 4.79 Å². The molecule has 0 saturated carbocycles. The number of nitrogens with one attached hydrogen (secondary N) is 1. The average Bonchev–Trinajstić information content (AvgIpc) is 2.32. The first-order valence-electron chi connectivity index (χ1n) is 6.90. The van der Waals surface area contributed by atoms with Gasteiger partial charge in [-0.2, -0.15) is 0 Å². The highest BCUT2D eigenvalue weighted by Crippen LogP contribution is 2.55. The van der Waals surface area contributed by atoms with Crippen LogP contribution in [0.2, 0.25) is 0 Å². The van der Waals surface area contributed by atoms with Crippen LogP contribution in [0.25, 0.3) is 0 Å². The van der Waals surface area contributed by atoms with Crippen LogP contribution in [0, 0.1) is 20.8 Å². The molecule has 1 aromatic carbocycles. The van der Waals surface area contributed by atoms with Gasteiger partial charge in [0.15, 0.2) is 0 Å². The lowest BCUT2D eigenvalue weighted by molar-refractivity contribution is -0.115. The Morgan fingerprint density at radius 1 is 1.21 bits per heavy atom. The third kappa shape index (κ3) is 3.79. The number of hydrogen-bond donors (Lipinski definition) is 1. The molecule has 0 heterocycles. The maximum Gasteiger partial charge on any atom is 0.264 e. The maximum absolute atomic E-state index is 12.4. The van der Waals surface area contributed by atoms with Crippen molar-refractivity contribution in [2.75, 3.05) is 24.8 Å². The molecule has 2 nitrogen and oxygen atoms in total. The van der Waals surface area contributed by atoms with Crippen molar-refractivity contribution in [2.45, 2.75) is 40.3 Å². The Morgan fingerprint density at radius 2 is 1.68 bits per heavy atom. The summed E-state index contributed by atoms with van der Waals surface area (Å²) in [7, 11) is -1.16. The van der Waals surface area contributed by atoms with Gasteiger partial charge in [0.05, 0.1) is 6.16 Å². The number of amides is 1. The van der Waals surface area contributed by atoms with Crippen LogP contribution in [0.5, 0.6) is 0 Å². The molecule has 19 heavy (non-hydrogen) atoms. The minimum absolute atomic E-state index is 0.109. The monoisotopic (exact) mass is 280 g/mol. The van der Waals surface area contributed by atoms with Crippen LogP contribution < -0.4 is 5.32 Å². The molecule has 1 amide bonds. The number of carbonyl (C=O) groups is 1. The molecular formula is C16H27NOP+. The molecule has 0 saturated heterocycles. The molecule has 0 radical (unpaired) electrons. The molecule has 1 rings (SSSR count). The van der Waals surface area contributed by atoms with Crippen LogP contribution in [-0.4, -0.2) is 31.1 Å². The van der Waals surface area contributed by atoms with Gasteiger partial charge in [-0.25, -0.2) is 0 Å². The highest BCUT2D eigenvalue weighted by molar-refractivity contribution is 7.75. The van der Waals surface area contributed by atoms with Gasteiger partial charge in [-0.05, 0) is 45.7 Å². The Balaban J connectivity index is 2.95. The summed E-state index contributed by atoms with van der Waals surface area (Å²) in [5.74, 6) is 0.162. The number of benzene rings is 1. The zero-order chi connectivity index (χ0) is 14.8.